The number of sulfone groups is 1. The van der Waals surface area contributed by atoms with Crippen LogP contribution in [0.2, 0.25) is 0 Å². The molecule has 0 unspecified atom stereocenters. The number of anilines is 1. The van der Waals surface area contributed by atoms with Crippen LogP contribution >= 0.6 is 0 Å². The molecule has 0 aromatic heterocycles. The Bertz CT molecular complexity index is 1080. The van der Waals surface area contributed by atoms with Crippen LogP contribution in [0, 0.1) is 22.9 Å². The number of benzene rings is 2. The number of nitrogens with zero attached hydrogens (tertiary/aromatic N) is 3. The third-order valence-corrected chi connectivity index (χ3v) is 6.01. The van der Waals surface area contributed by atoms with Crippen molar-refractivity contribution in [1.29, 1.82) is 0 Å². The molecule has 0 N–H and O–H groups in total. The highest BCUT2D eigenvalue weighted by Gasteiger charge is 2.31. The first-order valence-electron chi connectivity index (χ1n) is 8.87. The number of hydrogen-bond acceptors (Lipinski definition) is 6. The van der Waals surface area contributed by atoms with E-state index in [-0.39, 0.29) is 48.2 Å². The number of hydrogen-bond donors (Lipinski definition) is 0. The molecule has 1 fully saturated rings. The Morgan fingerprint density at radius 1 is 1.14 bits per heavy atom. The number of aryl methyl sites for hydroxylation is 1. The molecule has 10 heteroatoms. The van der Waals surface area contributed by atoms with Crippen LogP contribution in [-0.4, -0.2) is 56.6 Å². The van der Waals surface area contributed by atoms with Crippen molar-refractivity contribution in [3.05, 3.63) is 63.5 Å². The summed E-state index contributed by atoms with van der Waals surface area (Å²) in [6.45, 7) is 2.73. The number of nitro benzene ring substituents is 1. The normalized spacial score (nSPS) is 14.7. The molecule has 1 aliphatic heterocycles. The first-order valence-corrected chi connectivity index (χ1v) is 10.8. The first kappa shape index (κ1) is 20.7. The number of nitro groups is 1. The second-order valence-corrected chi connectivity index (χ2v) is 8.88. The van der Waals surface area contributed by atoms with Gasteiger partial charge in [-0.15, -0.1) is 0 Å². The van der Waals surface area contributed by atoms with Crippen molar-refractivity contribution in [1.82, 2.24) is 4.90 Å². The lowest BCUT2D eigenvalue weighted by Crippen LogP contribution is -2.49. The number of amides is 1. The van der Waals surface area contributed by atoms with Gasteiger partial charge in [-0.1, -0.05) is 12.1 Å². The van der Waals surface area contributed by atoms with Crippen molar-refractivity contribution in [2.24, 2.45) is 0 Å². The molecule has 3 rings (SSSR count). The van der Waals surface area contributed by atoms with Gasteiger partial charge in [0.15, 0.2) is 9.84 Å². The lowest BCUT2D eigenvalue weighted by Gasteiger charge is -2.36. The van der Waals surface area contributed by atoms with Crippen LogP contribution in [0.4, 0.5) is 15.8 Å². The van der Waals surface area contributed by atoms with Gasteiger partial charge in [-0.25, -0.2) is 12.8 Å². The lowest BCUT2D eigenvalue weighted by molar-refractivity contribution is -0.387. The molecule has 0 spiro atoms. The largest absolute Gasteiger partial charge is 0.362 e. The van der Waals surface area contributed by atoms with Gasteiger partial charge < -0.3 is 9.80 Å². The summed E-state index contributed by atoms with van der Waals surface area (Å²) < 4.78 is 37.6. The molecular weight excluding hydrogens is 401 g/mol. The second-order valence-electron chi connectivity index (χ2n) is 6.90. The molecule has 0 saturated carbocycles. The minimum absolute atomic E-state index is 0.200. The summed E-state index contributed by atoms with van der Waals surface area (Å²) in [7, 11) is -3.78. The van der Waals surface area contributed by atoms with E-state index >= 15 is 0 Å². The van der Waals surface area contributed by atoms with Gasteiger partial charge in [-0.05, 0) is 36.8 Å². The van der Waals surface area contributed by atoms with Gasteiger partial charge in [-0.3, -0.25) is 14.9 Å². The van der Waals surface area contributed by atoms with Crippen LogP contribution in [-0.2, 0) is 9.84 Å². The Kier molecular flexibility index (Phi) is 5.56. The Morgan fingerprint density at radius 2 is 1.79 bits per heavy atom. The summed E-state index contributed by atoms with van der Waals surface area (Å²) in [6, 6.07) is 8.48. The quantitative estimate of drug-likeness (QED) is 0.555. The van der Waals surface area contributed by atoms with E-state index in [9.17, 15) is 27.7 Å². The molecule has 0 bridgehead atoms. The zero-order valence-electron chi connectivity index (χ0n) is 16.0. The second kappa shape index (κ2) is 7.78. The molecular formula is C19H20FN3O5S. The smallest absolute Gasteiger partial charge is 0.311 e. The van der Waals surface area contributed by atoms with Gasteiger partial charge in [0, 0.05) is 38.0 Å². The predicted molar refractivity (Wildman–Crippen MR) is 105 cm³/mol. The van der Waals surface area contributed by atoms with E-state index in [0.29, 0.717) is 5.56 Å². The fourth-order valence-electron chi connectivity index (χ4n) is 3.31. The zero-order chi connectivity index (χ0) is 21.3. The molecule has 2 aromatic rings. The molecule has 154 valence electrons. The van der Waals surface area contributed by atoms with Crippen LogP contribution in [0.5, 0.6) is 0 Å². The first-order chi connectivity index (χ1) is 13.6. The van der Waals surface area contributed by atoms with E-state index in [0.717, 1.165) is 6.26 Å². The summed E-state index contributed by atoms with van der Waals surface area (Å²) in [5.41, 5.74) is 0.429. The zero-order valence-corrected chi connectivity index (χ0v) is 16.8. The maximum atomic E-state index is 13.8. The maximum Gasteiger partial charge on any atom is 0.311 e. The lowest BCUT2D eigenvalue weighted by atomic mass is 10.1. The SMILES string of the molecule is Cc1ccc(C(=O)N2CCN(c3cccc(S(C)(=O)=O)c3[N+](=O)[O-])CC2)cc1F. The number of piperazine rings is 1. The average molecular weight is 421 g/mol. The number of carbonyl (C=O) groups is 1. The Balaban J connectivity index is 1.81. The Labute approximate surface area is 167 Å². The van der Waals surface area contributed by atoms with Crippen LogP contribution < -0.4 is 4.90 Å². The van der Waals surface area contributed by atoms with Gasteiger partial charge in [0.05, 0.1) is 4.92 Å². The summed E-state index contributed by atoms with van der Waals surface area (Å²) in [4.78, 5) is 26.4. The molecule has 1 saturated heterocycles. The predicted octanol–water partition coefficient (Wildman–Crippen LogP) is 2.41. The van der Waals surface area contributed by atoms with Gasteiger partial charge in [0.25, 0.3) is 5.91 Å². The third kappa shape index (κ3) is 4.21. The summed E-state index contributed by atoms with van der Waals surface area (Å²) in [6.07, 6.45) is 0.927. The van der Waals surface area contributed by atoms with Crippen LogP contribution in [0.15, 0.2) is 41.3 Å². The molecule has 1 heterocycles. The van der Waals surface area contributed by atoms with E-state index in [4.69, 9.17) is 0 Å². The standard InChI is InChI=1S/C19H20FN3O5S/c1-13-6-7-14(12-15(13)20)19(24)22-10-8-21(9-11-22)16-4-3-5-17(29(2,27)28)18(16)23(25)26/h3-7,12H,8-11H2,1-2H3. The summed E-state index contributed by atoms with van der Waals surface area (Å²) in [5.74, 6) is -0.773. The topological polar surface area (TPSA) is 101 Å². The van der Waals surface area contributed by atoms with E-state index in [1.54, 1.807) is 28.9 Å². The highest BCUT2D eigenvalue weighted by molar-refractivity contribution is 7.90. The van der Waals surface area contributed by atoms with Gasteiger partial charge in [0.2, 0.25) is 0 Å². The number of rotatable bonds is 4. The van der Waals surface area contributed by atoms with Gasteiger partial charge >= 0.3 is 5.69 Å². The van der Waals surface area contributed by atoms with Crippen molar-refractivity contribution in [3.63, 3.8) is 0 Å². The molecule has 0 atom stereocenters. The molecule has 8 nitrogen and oxygen atoms in total. The number of carbonyl (C=O) groups excluding carboxylic acids is 1. The van der Waals surface area contributed by atoms with E-state index < -0.39 is 26.3 Å². The van der Waals surface area contributed by atoms with E-state index in [1.165, 1.54) is 24.3 Å². The molecule has 2 aromatic carbocycles. The Hall–Kier alpha value is -3.01. The minimum atomic E-state index is -3.78. The van der Waals surface area contributed by atoms with E-state index in [1.807, 2.05) is 0 Å². The molecule has 0 radical (unpaired) electrons. The minimum Gasteiger partial charge on any atom is -0.362 e. The number of halogens is 1. The third-order valence-electron chi connectivity index (χ3n) is 4.89. The summed E-state index contributed by atoms with van der Waals surface area (Å²) >= 11 is 0. The van der Waals surface area contributed by atoms with Gasteiger partial charge in [-0.2, -0.15) is 0 Å². The Morgan fingerprint density at radius 3 is 2.34 bits per heavy atom. The molecule has 1 amide bonds. The fourth-order valence-corrected chi connectivity index (χ4v) is 4.16. The van der Waals surface area contributed by atoms with Crippen LogP contribution in [0.3, 0.4) is 0 Å². The van der Waals surface area contributed by atoms with Crippen molar-refractivity contribution >= 4 is 27.1 Å². The number of para-hydroxylation sites is 1. The highest BCUT2D eigenvalue weighted by atomic mass is 32.2. The monoisotopic (exact) mass is 421 g/mol. The highest BCUT2D eigenvalue weighted by Crippen LogP contribution is 2.35. The molecule has 1 aliphatic rings. The molecule has 29 heavy (non-hydrogen) atoms. The van der Waals surface area contributed by atoms with Crippen LogP contribution in [0.25, 0.3) is 0 Å². The van der Waals surface area contributed by atoms with Crippen molar-refractivity contribution in [3.8, 4) is 0 Å². The maximum absolute atomic E-state index is 13.8. The van der Waals surface area contributed by atoms with Crippen molar-refractivity contribution < 1.29 is 22.5 Å². The fraction of sp³-hybridized carbons (Fsp3) is 0.316. The van der Waals surface area contributed by atoms with Gasteiger partial charge in [0.1, 0.15) is 16.4 Å². The van der Waals surface area contributed by atoms with E-state index in [2.05, 4.69) is 0 Å². The van der Waals surface area contributed by atoms with Crippen LogP contribution in [0.1, 0.15) is 15.9 Å². The average Bonchev–Trinajstić information content (AvgIpc) is 2.68. The molecule has 0 aliphatic carbocycles. The van der Waals surface area contributed by atoms with Crippen molar-refractivity contribution in [2.45, 2.75) is 11.8 Å². The van der Waals surface area contributed by atoms with Crippen molar-refractivity contribution in [2.75, 3.05) is 37.3 Å². The summed E-state index contributed by atoms with van der Waals surface area (Å²) in [5, 5.41) is 11.6.